The van der Waals surface area contributed by atoms with Crippen LogP contribution in [0.25, 0.3) is 0 Å². The third-order valence-corrected chi connectivity index (χ3v) is 4.85. The Labute approximate surface area is 157 Å². The Hall–Kier alpha value is -2.46. The Balaban J connectivity index is 2.32. The van der Waals surface area contributed by atoms with Crippen LogP contribution in [-0.4, -0.2) is 67.8 Å². The standard InChI is InChI=1S/C17H22N2O7S/c1-17(2,3)26-14(21)10-18-15(22)12-6-5-11(9-13(12)16(18)23)19(7-8-20)27(4,24)25/h5-6,9,20H,7-8,10H2,1-4H3. The SMILES string of the molecule is CC(C)(C)OC(=O)CN1C(=O)c2ccc(N(CCO)S(C)(=O)=O)cc2C1=O. The third-order valence-electron chi connectivity index (χ3n) is 3.65. The molecule has 0 aromatic heterocycles. The van der Waals surface area contributed by atoms with Crippen molar-refractivity contribution >= 4 is 33.5 Å². The van der Waals surface area contributed by atoms with E-state index in [9.17, 15) is 22.8 Å². The van der Waals surface area contributed by atoms with Crippen LogP contribution in [0.3, 0.4) is 0 Å². The molecule has 1 aromatic carbocycles. The van der Waals surface area contributed by atoms with E-state index in [2.05, 4.69) is 0 Å². The maximum Gasteiger partial charge on any atom is 0.326 e. The van der Waals surface area contributed by atoms with Gasteiger partial charge in [-0.1, -0.05) is 0 Å². The van der Waals surface area contributed by atoms with Gasteiger partial charge in [-0.2, -0.15) is 0 Å². The maximum atomic E-state index is 12.6. The first kappa shape index (κ1) is 20.8. The summed E-state index contributed by atoms with van der Waals surface area (Å²) in [5.74, 6) is -2.09. The molecule has 2 rings (SSSR count). The second-order valence-corrected chi connectivity index (χ2v) is 8.98. The minimum absolute atomic E-state index is 0.00681. The molecule has 9 nitrogen and oxygen atoms in total. The number of anilines is 1. The van der Waals surface area contributed by atoms with Gasteiger partial charge in [0.15, 0.2) is 0 Å². The molecule has 0 fully saturated rings. The van der Waals surface area contributed by atoms with Crippen molar-refractivity contribution in [3.63, 3.8) is 0 Å². The fraction of sp³-hybridized carbons (Fsp3) is 0.471. The zero-order valence-corrected chi connectivity index (χ0v) is 16.4. The number of carbonyl (C=O) groups is 3. The monoisotopic (exact) mass is 398 g/mol. The highest BCUT2D eigenvalue weighted by Crippen LogP contribution is 2.28. The van der Waals surface area contributed by atoms with E-state index in [4.69, 9.17) is 9.84 Å². The Morgan fingerprint density at radius 1 is 1.19 bits per heavy atom. The van der Waals surface area contributed by atoms with Crippen molar-refractivity contribution in [2.75, 3.05) is 30.3 Å². The van der Waals surface area contributed by atoms with Crippen LogP contribution in [0.5, 0.6) is 0 Å². The van der Waals surface area contributed by atoms with Crippen molar-refractivity contribution in [3.05, 3.63) is 29.3 Å². The lowest BCUT2D eigenvalue weighted by molar-refractivity contribution is -0.155. The van der Waals surface area contributed by atoms with Crippen LogP contribution < -0.4 is 4.31 Å². The lowest BCUT2D eigenvalue weighted by Gasteiger charge is -2.21. The highest BCUT2D eigenvalue weighted by atomic mass is 32.2. The lowest BCUT2D eigenvalue weighted by Crippen LogP contribution is -2.38. The molecule has 0 atom stereocenters. The van der Waals surface area contributed by atoms with E-state index >= 15 is 0 Å². The summed E-state index contributed by atoms with van der Waals surface area (Å²) in [4.78, 5) is 37.7. The van der Waals surface area contributed by atoms with E-state index in [0.717, 1.165) is 15.5 Å². The minimum atomic E-state index is -3.69. The molecule has 0 unspecified atom stereocenters. The zero-order chi connectivity index (χ0) is 20.6. The number of aliphatic hydroxyl groups is 1. The van der Waals surface area contributed by atoms with E-state index in [1.165, 1.54) is 18.2 Å². The summed E-state index contributed by atoms with van der Waals surface area (Å²) >= 11 is 0. The molecule has 0 saturated carbocycles. The summed E-state index contributed by atoms with van der Waals surface area (Å²) < 4.78 is 29.9. The predicted octanol–water partition coefficient (Wildman–Crippen LogP) is 0.383. The van der Waals surface area contributed by atoms with Gasteiger partial charge < -0.3 is 9.84 Å². The van der Waals surface area contributed by atoms with Gasteiger partial charge in [0.2, 0.25) is 10.0 Å². The van der Waals surface area contributed by atoms with Crippen molar-refractivity contribution in [1.29, 1.82) is 0 Å². The number of benzene rings is 1. The highest BCUT2D eigenvalue weighted by Gasteiger charge is 2.38. The van der Waals surface area contributed by atoms with Gasteiger partial charge in [0.05, 0.1) is 36.2 Å². The van der Waals surface area contributed by atoms with Crippen molar-refractivity contribution in [1.82, 2.24) is 4.90 Å². The molecule has 0 bridgehead atoms. The van der Waals surface area contributed by atoms with Crippen LogP contribution in [0.15, 0.2) is 18.2 Å². The van der Waals surface area contributed by atoms with E-state index in [-0.39, 0.29) is 23.4 Å². The normalized spacial score (nSPS) is 14.3. The first-order valence-electron chi connectivity index (χ1n) is 8.16. The van der Waals surface area contributed by atoms with Gasteiger partial charge in [-0.05, 0) is 39.0 Å². The fourth-order valence-electron chi connectivity index (χ4n) is 2.66. The number of ether oxygens (including phenoxy) is 1. The van der Waals surface area contributed by atoms with Crippen LogP contribution in [0, 0.1) is 0 Å². The summed E-state index contributed by atoms with van der Waals surface area (Å²) in [7, 11) is -3.69. The van der Waals surface area contributed by atoms with Crippen LogP contribution in [-0.2, 0) is 19.6 Å². The van der Waals surface area contributed by atoms with Gasteiger partial charge >= 0.3 is 5.97 Å². The Kier molecular flexibility index (Phi) is 5.62. The molecule has 1 aliphatic heterocycles. The summed E-state index contributed by atoms with van der Waals surface area (Å²) in [5, 5.41) is 9.10. The average molecular weight is 398 g/mol. The molecule has 0 spiro atoms. The third kappa shape index (κ3) is 4.64. The smallest absolute Gasteiger partial charge is 0.326 e. The highest BCUT2D eigenvalue weighted by molar-refractivity contribution is 7.92. The second kappa shape index (κ2) is 7.28. The van der Waals surface area contributed by atoms with E-state index in [0.29, 0.717) is 0 Å². The summed E-state index contributed by atoms with van der Waals surface area (Å²) in [6.07, 6.45) is 0.970. The van der Waals surface area contributed by atoms with Crippen molar-refractivity contribution in [2.45, 2.75) is 26.4 Å². The van der Waals surface area contributed by atoms with Crippen molar-refractivity contribution in [2.24, 2.45) is 0 Å². The average Bonchev–Trinajstić information content (AvgIpc) is 2.74. The molecule has 148 valence electrons. The maximum absolute atomic E-state index is 12.6. The quantitative estimate of drug-likeness (QED) is 0.543. The number of hydrogen-bond acceptors (Lipinski definition) is 7. The number of fused-ring (bicyclic) bond motifs is 1. The number of rotatable bonds is 6. The Bertz CT molecular complexity index is 887. The van der Waals surface area contributed by atoms with Gasteiger partial charge in [-0.3, -0.25) is 23.6 Å². The first-order valence-corrected chi connectivity index (χ1v) is 10.0. The Morgan fingerprint density at radius 3 is 2.30 bits per heavy atom. The predicted molar refractivity (Wildman–Crippen MR) is 96.9 cm³/mol. The number of imide groups is 1. The number of nitrogens with zero attached hydrogens (tertiary/aromatic N) is 2. The van der Waals surface area contributed by atoms with Gasteiger partial charge in [0.1, 0.15) is 12.1 Å². The first-order chi connectivity index (χ1) is 12.3. The number of carbonyl (C=O) groups excluding carboxylic acids is 3. The molecule has 2 amide bonds. The number of hydrogen-bond donors (Lipinski definition) is 1. The zero-order valence-electron chi connectivity index (χ0n) is 15.6. The molecule has 1 N–H and O–H groups in total. The number of esters is 1. The molecular formula is C17H22N2O7S. The fourth-order valence-corrected chi connectivity index (χ4v) is 3.57. The van der Waals surface area contributed by atoms with E-state index in [1.807, 2.05) is 0 Å². The second-order valence-electron chi connectivity index (χ2n) is 7.07. The van der Waals surface area contributed by atoms with Gasteiger partial charge in [-0.15, -0.1) is 0 Å². The van der Waals surface area contributed by atoms with Gasteiger partial charge in [0.25, 0.3) is 11.8 Å². The molecule has 0 radical (unpaired) electrons. The molecule has 10 heteroatoms. The molecule has 1 heterocycles. The van der Waals surface area contributed by atoms with E-state index in [1.54, 1.807) is 20.8 Å². The molecule has 1 aromatic rings. The largest absolute Gasteiger partial charge is 0.459 e. The molecular weight excluding hydrogens is 376 g/mol. The lowest BCUT2D eigenvalue weighted by atomic mass is 10.1. The Morgan fingerprint density at radius 2 is 1.78 bits per heavy atom. The van der Waals surface area contributed by atoms with Gasteiger partial charge in [-0.25, -0.2) is 8.42 Å². The summed E-state index contributed by atoms with van der Waals surface area (Å²) in [5.41, 5.74) is -0.550. The molecule has 0 saturated heterocycles. The number of aliphatic hydroxyl groups excluding tert-OH is 1. The van der Waals surface area contributed by atoms with Crippen molar-refractivity contribution in [3.8, 4) is 0 Å². The summed E-state index contributed by atoms with van der Waals surface area (Å²) in [6, 6.07) is 3.97. The van der Waals surface area contributed by atoms with Crippen LogP contribution >= 0.6 is 0 Å². The number of sulfonamides is 1. The van der Waals surface area contributed by atoms with Crippen molar-refractivity contribution < 1.29 is 32.6 Å². The molecule has 1 aliphatic rings. The number of amides is 2. The van der Waals surface area contributed by atoms with Crippen LogP contribution in [0.2, 0.25) is 0 Å². The van der Waals surface area contributed by atoms with Crippen LogP contribution in [0.4, 0.5) is 5.69 Å². The topological polar surface area (TPSA) is 121 Å². The van der Waals surface area contributed by atoms with Crippen LogP contribution in [0.1, 0.15) is 41.5 Å². The minimum Gasteiger partial charge on any atom is -0.459 e. The van der Waals surface area contributed by atoms with Gasteiger partial charge in [0, 0.05) is 0 Å². The van der Waals surface area contributed by atoms with E-state index < -0.39 is 46.6 Å². The molecule has 27 heavy (non-hydrogen) atoms. The summed E-state index contributed by atoms with van der Waals surface area (Å²) in [6.45, 7) is 3.86. The molecule has 0 aliphatic carbocycles.